The SMILES string of the molecule is O=C(c1ccc2ccccc2n1)N1CCC(N2CC(CF)CC2=O)CC1. The molecule has 1 unspecified atom stereocenters. The largest absolute Gasteiger partial charge is 0.339 e. The standard InChI is InChI=1S/C20H22FN3O2/c21-12-14-11-19(25)24(13-14)16-7-9-23(10-8-16)20(26)18-6-5-15-3-1-2-4-17(15)22-18/h1-6,14,16H,7-13H2. The van der Waals surface area contributed by atoms with E-state index in [2.05, 4.69) is 4.98 Å². The molecule has 2 amide bonds. The van der Waals surface area contributed by atoms with Crippen molar-refractivity contribution in [2.45, 2.75) is 25.3 Å². The fourth-order valence-corrected chi connectivity index (χ4v) is 3.99. The Hall–Kier alpha value is -2.50. The van der Waals surface area contributed by atoms with Crippen LogP contribution < -0.4 is 0 Å². The maximum absolute atomic E-state index is 12.8. The number of fused-ring (bicyclic) bond motifs is 1. The minimum Gasteiger partial charge on any atom is -0.339 e. The minimum atomic E-state index is -0.437. The van der Waals surface area contributed by atoms with Gasteiger partial charge < -0.3 is 9.80 Å². The molecule has 0 aliphatic carbocycles. The number of benzene rings is 1. The summed E-state index contributed by atoms with van der Waals surface area (Å²) in [6.45, 7) is 1.28. The summed E-state index contributed by atoms with van der Waals surface area (Å²) < 4.78 is 12.8. The Labute approximate surface area is 151 Å². The Bertz CT molecular complexity index is 833. The summed E-state index contributed by atoms with van der Waals surface area (Å²) in [5.74, 6) is -0.179. The highest BCUT2D eigenvalue weighted by Gasteiger charge is 2.36. The lowest BCUT2D eigenvalue weighted by Crippen LogP contribution is -2.47. The molecule has 6 heteroatoms. The van der Waals surface area contributed by atoms with Crippen LogP contribution in [0, 0.1) is 5.92 Å². The fourth-order valence-electron chi connectivity index (χ4n) is 3.99. The number of carbonyl (C=O) groups excluding carboxylic acids is 2. The number of hydrogen-bond donors (Lipinski definition) is 0. The van der Waals surface area contributed by atoms with Crippen LogP contribution in [0.3, 0.4) is 0 Å². The zero-order chi connectivity index (χ0) is 18.1. The van der Waals surface area contributed by atoms with Gasteiger partial charge >= 0.3 is 0 Å². The summed E-state index contributed by atoms with van der Waals surface area (Å²) in [5, 5.41) is 1.01. The van der Waals surface area contributed by atoms with Crippen molar-refractivity contribution in [3.8, 4) is 0 Å². The summed E-state index contributed by atoms with van der Waals surface area (Å²) >= 11 is 0. The normalized spacial score (nSPS) is 21.6. The first-order valence-electron chi connectivity index (χ1n) is 9.16. The summed E-state index contributed by atoms with van der Waals surface area (Å²) in [5.41, 5.74) is 1.27. The van der Waals surface area contributed by atoms with Crippen molar-refractivity contribution in [1.82, 2.24) is 14.8 Å². The van der Waals surface area contributed by atoms with Crippen molar-refractivity contribution in [3.63, 3.8) is 0 Å². The first-order chi connectivity index (χ1) is 12.7. The number of aromatic nitrogens is 1. The Morgan fingerprint density at radius 1 is 1.15 bits per heavy atom. The second-order valence-corrected chi connectivity index (χ2v) is 7.18. The van der Waals surface area contributed by atoms with Gasteiger partial charge in [0.2, 0.25) is 5.91 Å². The number of likely N-dealkylation sites (tertiary alicyclic amines) is 2. The number of pyridine rings is 1. The quantitative estimate of drug-likeness (QED) is 0.851. The van der Waals surface area contributed by atoms with E-state index >= 15 is 0 Å². The molecule has 0 bridgehead atoms. The number of nitrogens with zero attached hydrogens (tertiary/aromatic N) is 3. The molecule has 0 N–H and O–H groups in total. The van der Waals surface area contributed by atoms with Crippen molar-refractivity contribution in [2.75, 3.05) is 26.3 Å². The molecule has 0 spiro atoms. The lowest BCUT2D eigenvalue weighted by Gasteiger charge is -2.36. The van der Waals surface area contributed by atoms with E-state index in [1.54, 1.807) is 11.0 Å². The van der Waals surface area contributed by atoms with E-state index in [9.17, 15) is 14.0 Å². The Balaban J connectivity index is 1.41. The van der Waals surface area contributed by atoms with E-state index in [1.165, 1.54) is 0 Å². The van der Waals surface area contributed by atoms with E-state index in [4.69, 9.17) is 0 Å². The molecule has 5 nitrogen and oxygen atoms in total. The third-order valence-electron chi connectivity index (χ3n) is 5.47. The van der Waals surface area contributed by atoms with Crippen molar-refractivity contribution in [1.29, 1.82) is 0 Å². The van der Waals surface area contributed by atoms with E-state index in [0.717, 1.165) is 23.7 Å². The van der Waals surface area contributed by atoms with Crippen molar-refractivity contribution >= 4 is 22.7 Å². The van der Waals surface area contributed by atoms with Gasteiger partial charge in [0.15, 0.2) is 0 Å². The molecular formula is C20H22FN3O2. The molecule has 0 saturated carbocycles. The zero-order valence-corrected chi connectivity index (χ0v) is 14.6. The van der Waals surface area contributed by atoms with E-state index in [0.29, 0.717) is 31.7 Å². The van der Waals surface area contributed by atoms with Gasteiger partial charge in [-0.25, -0.2) is 4.98 Å². The third kappa shape index (κ3) is 3.16. The molecule has 136 valence electrons. The highest BCUT2D eigenvalue weighted by Crippen LogP contribution is 2.26. The maximum Gasteiger partial charge on any atom is 0.272 e. The summed E-state index contributed by atoms with van der Waals surface area (Å²) in [7, 11) is 0. The number of para-hydroxylation sites is 1. The Morgan fingerprint density at radius 2 is 1.92 bits per heavy atom. The second kappa shape index (κ2) is 7.02. The lowest BCUT2D eigenvalue weighted by molar-refractivity contribution is -0.130. The molecule has 2 fully saturated rings. The molecule has 1 atom stereocenters. The highest BCUT2D eigenvalue weighted by atomic mass is 19.1. The van der Waals surface area contributed by atoms with E-state index in [-0.39, 0.29) is 23.8 Å². The minimum absolute atomic E-state index is 0.0497. The molecule has 2 aliphatic rings. The molecule has 1 aromatic carbocycles. The van der Waals surface area contributed by atoms with Crippen molar-refractivity contribution in [2.24, 2.45) is 5.92 Å². The van der Waals surface area contributed by atoms with Crippen LogP contribution in [0.25, 0.3) is 10.9 Å². The van der Waals surface area contributed by atoms with Gasteiger partial charge in [0.05, 0.1) is 12.2 Å². The highest BCUT2D eigenvalue weighted by molar-refractivity contribution is 5.95. The average molecular weight is 355 g/mol. The third-order valence-corrected chi connectivity index (χ3v) is 5.47. The number of amides is 2. The summed E-state index contributed by atoms with van der Waals surface area (Å²) in [4.78, 5) is 32.9. The molecule has 0 radical (unpaired) electrons. The fraction of sp³-hybridized carbons (Fsp3) is 0.450. The van der Waals surface area contributed by atoms with Crippen LogP contribution in [0.15, 0.2) is 36.4 Å². The van der Waals surface area contributed by atoms with Crippen LogP contribution >= 0.6 is 0 Å². The van der Waals surface area contributed by atoms with Crippen LogP contribution in [0.5, 0.6) is 0 Å². The summed E-state index contributed by atoms with van der Waals surface area (Å²) in [6, 6.07) is 11.5. The van der Waals surface area contributed by atoms with Crippen molar-refractivity contribution < 1.29 is 14.0 Å². The maximum atomic E-state index is 12.8. The van der Waals surface area contributed by atoms with Crippen LogP contribution in [-0.2, 0) is 4.79 Å². The smallest absolute Gasteiger partial charge is 0.272 e. The van der Waals surface area contributed by atoms with Crippen LogP contribution in [0.1, 0.15) is 29.8 Å². The molecule has 2 aromatic rings. The van der Waals surface area contributed by atoms with Gasteiger partial charge in [-0.1, -0.05) is 24.3 Å². The van der Waals surface area contributed by atoms with Gasteiger partial charge in [0.1, 0.15) is 5.69 Å². The number of piperidine rings is 1. The number of alkyl halides is 1. The number of hydrogen-bond acceptors (Lipinski definition) is 3. The monoisotopic (exact) mass is 355 g/mol. The first kappa shape index (κ1) is 16.9. The molecule has 2 saturated heterocycles. The molecule has 1 aromatic heterocycles. The molecule has 26 heavy (non-hydrogen) atoms. The van der Waals surface area contributed by atoms with Gasteiger partial charge in [-0.2, -0.15) is 0 Å². The number of carbonyl (C=O) groups is 2. The lowest BCUT2D eigenvalue weighted by atomic mass is 10.0. The van der Waals surface area contributed by atoms with Gasteiger partial charge in [-0.15, -0.1) is 0 Å². The van der Waals surface area contributed by atoms with Gasteiger partial charge in [0, 0.05) is 43.4 Å². The van der Waals surface area contributed by atoms with E-state index in [1.807, 2.05) is 35.2 Å². The zero-order valence-electron chi connectivity index (χ0n) is 14.6. The first-order valence-corrected chi connectivity index (χ1v) is 9.16. The number of rotatable bonds is 3. The van der Waals surface area contributed by atoms with Crippen LogP contribution in [0.2, 0.25) is 0 Å². The molecular weight excluding hydrogens is 333 g/mol. The molecule has 3 heterocycles. The van der Waals surface area contributed by atoms with E-state index < -0.39 is 6.67 Å². The molecule has 4 rings (SSSR count). The predicted octanol–water partition coefficient (Wildman–Crippen LogP) is 2.66. The van der Waals surface area contributed by atoms with Crippen molar-refractivity contribution in [3.05, 3.63) is 42.1 Å². The van der Waals surface area contributed by atoms with Gasteiger partial charge in [-0.05, 0) is 25.0 Å². The van der Waals surface area contributed by atoms with Gasteiger partial charge in [-0.3, -0.25) is 14.0 Å². The summed E-state index contributed by atoms with van der Waals surface area (Å²) in [6.07, 6.45) is 1.80. The Morgan fingerprint density at radius 3 is 2.65 bits per heavy atom. The second-order valence-electron chi connectivity index (χ2n) is 7.18. The average Bonchev–Trinajstić information content (AvgIpc) is 3.08. The predicted molar refractivity (Wildman–Crippen MR) is 96.5 cm³/mol. The Kier molecular flexibility index (Phi) is 4.57. The topological polar surface area (TPSA) is 53.5 Å². The van der Waals surface area contributed by atoms with Crippen LogP contribution in [0.4, 0.5) is 4.39 Å². The van der Waals surface area contributed by atoms with Gasteiger partial charge in [0.25, 0.3) is 5.91 Å². The molecule has 2 aliphatic heterocycles. The van der Waals surface area contributed by atoms with Crippen LogP contribution in [-0.4, -0.2) is 58.9 Å². The number of halogens is 1.